The second-order valence-corrected chi connectivity index (χ2v) is 6.28. The van der Waals surface area contributed by atoms with Gasteiger partial charge in [0, 0.05) is 19.6 Å². The molecule has 2 aliphatic heterocycles. The van der Waals surface area contributed by atoms with E-state index in [0.717, 1.165) is 25.9 Å². The Kier molecular flexibility index (Phi) is 4.73. The summed E-state index contributed by atoms with van der Waals surface area (Å²) in [6.07, 6.45) is 2.23. The average Bonchev–Trinajstić information content (AvgIpc) is 2.94. The molecule has 2 atom stereocenters. The second-order valence-electron chi connectivity index (χ2n) is 6.28. The highest BCUT2D eigenvalue weighted by atomic mass is 16.5. The molecule has 2 aliphatic rings. The fourth-order valence-electron chi connectivity index (χ4n) is 3.22. The van der Waals surface area contributed by atoms with E-state index in [4.69, 9.17) is 9.26 Å². The van der Waals surface area contributed by atoms with Crippen LogP contribution in [0.3, 0.4) is 0 Å². The zero-order chi connectivity index (χ0) is 15.5. The summed E-state index contributed by atoms with van der Waals surface area (Å²) in [7, 11) is 0. The normalized spacial score (nSPS) is 27.1. The van der Waals surface area contributed by atoms with Crippen molar-refractivity contribution in [3.8, 4) is 0 Å². The Balaban J connectivity index is 1.54. The Hall–Kier alpha value is -1.47. The monoisotopic (exact) mass is 308 g/mol. The number of rotatable bonds is 3. The first-order valence-electron chi connectivity index (χ1n) is 8.04. The molecule has 3 rings (SSSR count). The minimum Gasteiger partial charge on any atom is -0.375 e. The molecule has 122 valence electrons. The number of hydrogen-bond acceptors (Lipinski definition) is 6. The third kappa shape index (κ3) is 3.64. The van der Waals surface area contributed by atoms with Crippen molar-refractivity contribution in [1.82, 2.24) is 19.9 Å². The molecule has 0 spiro atoms. The van der Waals surface area contributed by atoms with Crippen molar-refractivity contribution in [2.75, 3.05) is 39.3 Å². The molecule has 2 unspecified atom stereocenters. The lowest BCUT2D eigenvalue weighted by atomic mass is 9.98. The van der Waals surface area contributed by atoms with Crippen LogP contribution in [0.25, 0.3) is 0 Å². The number of piperidine rings is 1. The number of carbonyl (C=O) groups is 1. The van der Waals surface area contributed by atoms with Gasteiger partial charge in [0.25, 0.3) is 0 Å². The van der Waals surface area contributed by atoms with Crippen molar-refractivity contribution < 1.29 is 14.1 Å². The standard InChI is InChI=1S/C15H24N4O3/c1-11-8-19(6-7-21-11)14(20)10-18-5-3-4-13(9-18)15-16-12(2)17-22-15/h11,13H,3-10H2,1-2H3. The van der Waals surface area contributed by atoms with Gasteiger partial charge in [0.1, 0.15) is 0 Å². The molecule has 0 N–H and O–H groups in total. The summed E-state index contributed by atoms with van der Waals surface area (Å²) in [5.74, 6) is 1.81. The molecule has 0 bridgehead atoms. The molecular weight excluding hydrogens is 284 g/mol. The van der Waals surface area contributed by atoms with E-state index in [-0.39, 0.29) is 17.9 Å². The van der Waals surface area contributed by atoms with Crippen LogP contribution in [0.4, 0.5) is 0 Å². The molecule has 2 fully saturated rings. The molecule has 22 heavy (non-hydrogen) atoms. The zero-order valence-electron chi connectivity index (χ0n) is 13.3. The van der Waals surface area contributed by atoms with E-state index < -0.39 is 0 Å². The van der Waals surface area contributed by atoms with Crippen LogP contribution in [0.2, 0.25) is 0 Å². The van der Waals surface area contributed by atoms with E-state index in [1.165, 1.54) is 0 Å². The van der Waals surface area contributed by atoms with Gasteiger partial charge in [-0.25, -0.2) is 0 Å². The molecule has 0 aliphatic carbocycles. The van der Waals surface area contributed by atoms with Crippen molar-refractivity contribution in [2.24, 2.45) is 0 Å². The van der Waals surface area contributed by atoms with Gasteiger partial charge in [-0.05, 0) is 33.2 Å². The number of ether oxygens (including phenoxy) is 1. The van der Waals surface area contributed by atoms with Crippen molar-refractivity contribution in [3.63, 3.8) is 0 Å². The lowest BCUT2D eigenvalue weighted by Gasteiger charge is -2.35. The van der Waals surface area contributed by atoms with Crippen LogP contribution in [0.5, 0.6) is 0 Å². The summed E-state index contributed by atoms with van der Waals surface area (Å²) in [4.78, 5) is 20.9. The molecular formula is C15H24N4O3. The smallest absolute Gasteiger partial charge is 0.236 e. The predicted octanol–water partition coefficient (Wildman–Crippen LogP) is 0.805. The summed E-state index contributed by atoms with van der Waals surface area (Å²) >= 11 is 0. The van der Waals surface area contributed by atoms with E-state index in [1.807, 2.05) is 18.7 Å². The van der Waals surface area contributed by atoms with Gasteiger partial charge in [-0.2, -0.15) is 4.98 Å². The molecule has 0 saturated carbocycles. The Morgan fingerprint density at radius 1 is 1.36 bits per heavy atom. The number of carbonyl (C=O) groups excluding carboxylic acids is 1. The van der Waals surface area contributed by atoms with E-state index >= 15 is 0 Å². The number of nitrogens with zero attached hydrogens (tertiary/aromatic N) is 4. The van der Waals surface area contributed by atoms with Crippen LogP contribution in [-0.2, 0) is 9.53 Å². The molecule has 1 aromatic heterocycles. The molecule has 1 aromatic rings. The first-order chi connectivity index (χ1) is 10.6. The maximum Gasteiger partial charge on any atom is 0.236 e. The van der Waals surface area contributed by atoms with Gasteiger partial charge < -0.3 is 14.2 Å². The van der Waals surface area contributed by atoms with Crippen molar-refractivity contribution in [3.05, 3.63) is 11.7 Å². The number of hydrogen-bond donors (Lipinski definition) is 0. The summed E-state index contributed by atoms with van der Waals surface area (Å²) < 4.78 is 10.8. The minimum absolute atomic E-state index is 0.133. The summed E-state index contributed by atoms with van der Waals surface area (Å²) in [6, 6.07) is 0. The van der Waals surface area contributed by atoms with E-state index in [9.17, 15) is 4.79 Å². The highest BCUT2D eigenvalue weighted by molar-refractivity contribution is 5.78. The van der Waals surface area contributed by atoms with Gasteiger partial charge in [-0.3, -0.25) is 9.69 Å². The van der Waals surface area contributed by atoms with Crippen LogP contribution in [0, 0.1) is 6.92 Å². The van der Waals surface area contributed by atoms with E-state index in [1.54, 1.807) is 0 Å². The molecule has 3 heterocycles. The number of morpholine rings is 1. The first-order valence-corrected chi connectivity index (χ1v) is 8.04. The molecule has 7 heteroatoms. The van der Waals surface area contributed by atoms with Crippen molar-refractivity contribution in [2.45, 2.75) is 38.7 Å². The van der Waals surface area contributed by atoms with Crippen molar-refractivity contribution in [1.29, 1.82) is 0 Å². The SMILES string of the molecule is Cc1noc(C2CCCN(CC(=O)N3CCOC(C)C3)C2)n1. The molecule has 0 radical (unpaired) electrons. The van der Waals surface area contributed by atoms with Gasteiger partial charge in [-0.15, -0.1) is 0 Å². The van der Waals surface area contributed by atoms with Crippen LogP contribution < -0.4 is 0 Å². The maximum atomic E-state index is 12.4. The first kappa shape index (κ1) is 15.4. The van der Waals surface area contributed by atoms with Crippen molar-refractivity contribution >= 4 is 5.91 Å². The average molecular weight is 308 g/mol. The Morgan fingerprint density at radius 2 is 2.23 bits per heavy atom. The number of aryl methyl sites for hydroxylation is 1. The van der Waals surface area contributed by atoms with Gasteiger partial charge >= 0.3 is 0 Å². The highest BCUT2D eigenvalue weighted by Crippen LogP contribution is 2.25. The Bertz CT molecular complexity index is 519. The zero-order valence-corrected chi connectivity index (χ0v) is 13.3. The summed E-state index contributed by atoms with van der Waals surface area (Å²) in [6.45, 7) is 8.10. The van der Waals surface area contributed by atoms with Crippen LogP contribution in [0.15, 0.2) is 4.52 Å². The Labute approximate surface area is 130 Å². The summed E-state index contributed by atoms with van der Waals surface area (Å²) in [5, 5.41) is 3.87. The van der Waals surface area contributed by atoms with Gasteiger partial charge in [-0.1, -0.05) is 5.16 Å². The third-order valence-electron chi connectivity index (χ3n) is 4.35. The second kappa shape index (κ2) is 6.75. The van der Waals surface area contributed by atoms with Gasteiger partial charge in [0.2, 0.25) is 11.8 Å². The van der Waals surface area contributed by atoms with Gasteiger partial charge in [0.05, 0.1) is 25.2 Å². The fraction of sp³-hybridized carbons (Fsp3) is 0.800. The third-order valence-corrected chi connectivity index (χ3v) is 4.35. The molecule has 2 saturated heterocycles. The lowest BCUT2D eigenvalue weighted by Crippen LogP contribution is -2.49. The number of amides is 1. The van der Waals surface area contributed by atoms with E-state index in [0.29, 0.717) is 38.0 Å². The molecule has 7 nitrogen and oxygen atoms in total. The van der Waals surface area contributed by atoms with E-state index in [2.05, 4.69) is 15.0 Å². The predicted molar refractivity (Wildman–Crippen MR) is 79.4 cm³/mol. The van der Waals surface area contributed by atoms with Crippen LogP contribution in [0.1, 0.15) is 37.4 Å². The van der Waals surface area contributed by atoms with Crippen LogP contribution in [-0.4, -0.2) is 71.3 Å². The minimum atomic E-state index is 0.133. The van der Waals surface area contributed by atoms with Gasteiger partial charge in [0.15, 0.2) is 5.82 Å². The summed E-state index contributed by atoms with van der Waals surface area (Å²) in [5.41, 5.74) is 0. The highest BCUT2D eigenvalue weighted by Gasteiger charge is 2.29. The quantitative estimate of drug-likeness (QED) is 0.823. The van der Waals surface area contributed by atoms with Crippen LogP contribution >= 0.6 is 0 Å². The Morgan fingerprint density at radius 3 is 2.95 bits per heavy atom. The molecule has 0 aromatic carbocycles. The number of likely N-dealkylation sites (tertiary alicyclic amines) is 1. The largest absolute Gasteiger partial charge is 0.375 e. The lowest BCUT2D eigenvalue weighted by molar-refractivity contribution is -0.139. The number of aromatic nitrogens is 2. The topological polar surface area (TPSA) is 71.7 Å². The molecule has 1 amide bonds. The maximum absolute atomic E-state index is 12.4. The fourth-order valence-corrected chi connectivity index (χ4v) is 3.22.